The number of rotatable bonds is 2. The highest BCUT2D eigenvalue weighted by Gasteiger charge is 2.09. The maximum absolute atomic E-state index is 3.55. The second-order valence-electron chi connectivity index (χ2n) is 3.32. The summed E-state index contributed by atoms with van der Waals surface area (Å²) in [4.78, 5) is 0. The summed E-state index contributed by atoms with van der Waals surface area (Å²) < 4.78 is 4.96. The molecule has 88 valence electrons. The predicted octanol–water partition coefficient (Wildman–Crippen LogP) is 5.85. The number of hydrogen-bond donors (Lipinski definition) is 1. The van der Waals surface area contributed by atoms with Crippen LogP contribution in [0.1, 0.15) is 0 Å². The monoisotopic (exact) mass is 673 g/mol. The summed E-state index contributed by atoms with van der Waals surface area (Å²) in [6.07, 6.45) is 0. The van der Waals surface area contributed by atoms with Crippen LogP contribution < -0.4 is 5.32 Å². The number of hydrogen-bond acceptors (Lipinski definition) is 1. The van der Waals surface area contributed by atoms with Gasteiger partial charge in [-0.3, -0.25) is 0 Å². The van der Waals surface area contributed by atoms with Gasteiger partial charge in [-0.2, -0.15) is 0 Å². The number of anilines is 2. The van der Waals surface area contributed by atoms with E-state index in [0.717, 1.165) is 0 Å². The zero-order valence-corrected chi connectivity index (χ0v) is 17.1. The average molecular weight is 673 g/mol. The van der Waals surface area contributed by atoms with E-state index in [9.17, 15) is 0 Å². The summed E-state index contributed by atoms with van der Waals surface area (Å²) >= 11 is 9.46. The Labute approximate surface area is 155 Å². The Morgan fingerprint density at radius 2 is 0.882 bits per heavy atom. The third-order valence-corrected chi connectivity index (χ3v) is 5.77. The molecule has 0 fully saturated rings. The van der Waals surface area contributed by atoms with Gasteiger partial charge < -0.3 is 5.32 Å². The fourth-order valence-corrected chi connectivity index (χ4v) is 4.92. The minimum Gasteiger partial charge on any atom is -0.352 e. The molecule has 0 saturated heterocycles. The van der Waals surface area contributed by atoms with E-state index in [4.69, 9.17) is 0 Å². The first-order valence-corrected chi connectivity index (χ1v) is 9.06. The molecule has 0 bridgehead atoms. The third kappa shape index (κ3) is 3.59. The van der Waals surface area contributed by atoms with Crippen molar-refractivity contribution >= 4 is 102 Å². The second-order valence-corrected chi connectivity index (χ2v) is 7.97. The van der Waals surface area contributed by atoms with E-state index in [1.807, 2.05) is 0 Å². The molecule has 0 spiro atoms. The van der Waals surface area contributed by atoms with Crippen LogP contribution in [0.25, 0.3) is 0 Å². The molecule has 0 unspecified atom stereocenters. The van der Waals surface area contributed by atoms with Crippen molar-refractivity contribution in [1.29, 1.82) is 0 Å². The highest BCUT2D eigenvalue weighted by molar-refractivity contribution is 14.1. The SMILES string of the molecule is Ic1cccc(I)c1Nc1c(I)cccc1I. The van der Waals surface area contributed by atoms with Gasteiger partial charge in [0.15, 0.2) is 0 Å². The fourth-order valence-electron chi connectivity index (χ4n) is 1.36. The van der Waals surface area contributed by atoms with E-state index < -0.39 is 0 Å². The molecule has 0 aromatic heterocycles. The molecular weight excluding hydrogens is 666 g/mol. The summed E-state index contributed by atoms with van der Waals surface area (Å²) in [7, 11) is 0. The Kier molecular flexibility index (Phi) is 5.61. The first kappa shape index (κ1) is 14.6. The molecule has 0 radical (unpaired) electrons. The van der Waals surface area contributed by atoms with E-state index in [1.54, 1.807) is 0 Å². The normalized spacial score (nSPS) is 10.4. The third-order valence-electron chi connectivity index (χ3n) is 2.18. The van der Waals surface area contributed by atoms with Gasteiger partial charge >= 0.3 is 0 Å². The highest BCUT2D eigenvalue weighted by atomic mass is 127. The molecule has 0 amide bonds. The van der Waals surface area contributed by atoms with Gasteiger partial charge in [0, 0.05) is 14.3 Å². The second kappa shape index (κ2) is 6.55. The molecule has 0 aliphatic carbocycles. The molecule has 2 aromatic rings. The maximum atomic E-state index is 3.55. The summed E-state index contributed by atoms with van der Waals surface area (Å²) in [5.74, 6) is 0. The zero-order chi connectivity index (χ0) is 12.4. The zero-order valence-electron chi connectivity index (χ0n) is 8.48. The van der Waals surface area contributed by atoms with Crippen LogP contribution in [-0.4, -0.2) is 0 Å². The van der Waals surface area contributed by atoms with E-state index in [2.05, 4.69) is 132 Å². The maximum Gasteiger partial charge on any atom is 0.0656 e. The van der Waals surface area contributed by atoms with E-state index in [-0.39, 0.29) is 0 Å². The van der Waals surface area contributed by atoms with Crippen molar-refractivity contribution in [1.82, 2.24) is 0 Å². The lowest BCUT2D eigenvalue weighted by Gasteiger charge is -2.13. The van der Waals surface area contributed by atoms with Crippen LogP contribution in [0.4, 0.5) is 11.4 Å². The molecule has 2 aromatic carbocycles. The Hall–Kier alpha value is 1.16. The van der Waals surface area contributed by atoms with Crippen LogP contribution in [0.15, 0.2) is 36.4 Å². The van der Waals surface area contributed by atoms with Crippen LogP contribution >= 0.6 is 90.4 Å². The smallest absolute Gasteiger partial charge is 0.0656 e. The lowest BCUT2D eigenvalue weighted by atomic mass is 10.3. The van der Waals surface area contributed by atoms with Crippen LogP contribution in [0, 0.1) is 14.3 Å². The van der Waals surface area contributed by atoms with Gasteiger partial charge in [-0.15, -0.1) is 0 Å². The number of halogens is 4. The number of para-hydroxylation sites is 2. The summed E-state index contributed by atoms with van der Waals surface area (Å²) in [5.41, 5.74) is 2.38. The molecule has 0 saturated carbocycles. The topological polar surface area (TPSA) is 12.0 Å². The standard InChI is InChI=1S/C12H7I4N/c13-7-3-1-4-8(14)11(7)17-12-9(15)5-2-6-10(12)16/h1-6,17H. The number of benzene rings is 2. The summed E-state index contributed by atoms with van der Waals surface area (Å²) in [6, 6.07) is 12.6. The Bertz CT molecular complexity index is 464. The van der Waals surface area contributed by atoms with Crippen LogP contribution in [0.3, 0.4) is 0 Å². The predicted molar refractivity (Wildman–Crippen MR) is 107 cm³/mol. The van der Waals surface area contributed by atoms with Crippen molar-refractivity contribution < 1.29 is 0 Å². The quantitative estimate of drug-likeness (QED) is 0.395. The van der Waals surface area contributed by atoms with Crippen molar-refractivity contribution in [3.05, 3.63) is 50.7 Å². The van der Waals surface area contributed by atoms with E-state index in [1.165, 1.54) is 25.7 Å². The van der Waals surface area contributed by atoms with Crippen molar-refractivity contribution in [3.63, 3.8) is 0 Å². The molecule has 1 N–H and O–H groups in total. The van der Waals surface area contributed by atoms with E-state index >= 15 is 0 Å². The van der Waals surface area contributed by atoms with Crippen molar-refractivity contribution in [2.24, 2.45) is 0 Å². The van der Waals surface area contributed by atoms with Gasteiger partial charge in [-0.1, -0.05) is 12.1 Å². The highest BCUT2D eigenvalue weighted by Crippen LogP contribution is 2.32. The van der Waals surface area contributed by atoms with Gasteiger partial charge in [0.05, 0.1) is 11.4 Å². The molecule has 0 heterocycles. The summed E-state index contributed by atoms with van der Waals surface area (Å²) in [6.45, 7) is 0. The Morgan fingerprint density at radius 1 is 0.588 bits per heavy atom. The first-order chi connectivity index (χ1) is 8.09. The summed E-state index contributed by atoms with van der Waals surface area (Å²) in [5, 5.41) is 3.55. The minimum absolute atomic E-state index is 1.19. The fraction of sp³-hybridized carbons (Fsp3) is 0. The van der Waals surface area contributed by atoms with Crippen LogP contribution in [0.5, 0.6) is 0 Å². The molecule has 0 atom stereocenters. The van der Waals surface area contributed by atoms with Crippen molar-refractivity contribution in [3.8, 4) is 0 Å². The Balaban J connectivity index is 2.45. The van der Waals surface area contributed by atoms with Crippen LogP contribution in [-0.2, 0) is 0 Å². The molecule has 5 heteroatoms. The van der Waals surface area contributed by atoms with Crippen LogP contribution in [0.2, 0.25) is 0 Å². The van der Waals surface area contributed by atoms with Gasteiger partial charge in [-0.05, 0) is 115 Å². The lowest BCUT2D eigenvalue weighted by molar-refractivity contribution is 1.46. The number of nitrogens with one attached hydrogen (secondary N) is 1. The van der Waals surface area contributed by atoms with Crippen molar-refractivity contribution in [2.45, 2.75) is 0 Å². The largest absolute Gasteiger partial charge is 0.352 e. The lowest BCUT2D eigenvalue weighted by Crippen LogP contribution is -1.99. The van der Waals surface area contributed by atoms with Gasteiger partial charge in [0.1, 0.15) is 0 Å². The van der Waals surface area contributed by atoms with Gasteiger partial charge in [-0.25, -0.2) is 0 Å². The van der Waals surface area contributed by atoms with Gasteiger partial charge in [0.2, 0.25) is 0 Å². The Morgan fingerprint density at radius 3 is 1.18 bits per heavy atom. The first-order valence-electron chi connectivity index (χ1n) is 4.74. The molecule has 0 aliphatic rings. The molecule has 0 aliphatic heterocycles. The molecule has 2 rings (SSSR count). The molecule has 17 heavy (non-hydrogen) atoms. The van der Waals surface area contributed by atoms with E-state index in [0.29, 0.717) is 0 Å². The van der Waals surface area contributed by atoms with Crippen molar-refractivity contribution in [2.75, 3.05) is 5.32 Å². The minimum atomic E-state index is 1.19. The molecule has 1 nitrogen and oxygen atoms in total. The molecular formula is C12H7I4N. The average Bonchev–Trinajstić information content (AvgIpc) is 2.27. The van der Waals surface area contributed by atoms with Gasteiger partial charge in [0.25, 0.3) is 0 Å².